The Balaban J connectivity index is 1.23. The van der Waals surface area contributed by atoms with Crippen LogP contribution >= 0.6 is 23.5 Å². The Morgan fingerprint density at radius 2 is 1.15 bits per heavy atom. The van der Waals surface area contributed by atoms with Crippen LogP contribution in [-0.4, -0.2) is 89.3 Å². The summed E-state index contributed by atoms with van der Waals surface area (Å²) in [6.45, 7) is 2.36. The number of ether oxygens (including phenoxy) is 2. The van der Waals surface area contributed by atoms with E-state index in [1.807, 2.05) is 35.7 Å². The van der Waals surface area contributed by atoms with Crippen LogP contribution in [0, 0.1) is 0 Å². The highest BCUT2D eigenvalue weighted by Gasteiger charge is 2.26. The number of benzene rings is 3. The number of imidazole rings is 2. The van der Waals surface area contributed by atoms with Gasteiger partial charge in [0.15, 0.2) is 11.5 Å². The molecule has 8 nitrogen and oxygen atoms in total. The fraction of sp³-hybridized carbons (Fsp3) is 0.355. The highest BCUT2D eigenvalue weighted by molar-refractivity contribution is 7.99. The van der Waals surface area contributed by atoms with E-state index in [1.54, 1.807) is 0 Å². The molecule has 3 aromatic carbocycles. The van der Waals surface area contributed by atoms with Crippen molar-refractivity contribution in [2.24, 2.45) is 0 Å². The van der Waals surface area contributed by atoms with Crippen molar-refractivity contribution in [1.29, 1.82) is 0 Å². The van der Waals surface area contributed by atoms with Crippen LogP contribution in [0.3, 0.4) is 0 Å². The van der Waals surface area contributed by atoms with Gasteiger partial charge in [-0.3, -0.25) is 0 Å². The number of H-pyrrole nitrogens is 2. The van der Waals surface area contributed by atoms with Crippen molar-refractivity contribution in [2.45, 2.75) is 22.6 Å². The first-order chi connectivity index (χ1) is 19.9. The first-order valence-corrected chi connectivity index (χ1v) is 15.9. The van der Waals surface area contributed by atoms with Gasteiger partial charge < -0.3 is 29.2 Å². The predicted molar refractivity (Wildman–Crippen MR) is 171 cm³/mol. The molecule has 41 heavy (non-hydrogen) atoms. The Morgan fingerprint density at radius 1 is 0.683 bits per heavy atom. The minimum absolute atomic E-state index is 0.168. The lowest BCUT2D eigenvalue weighted by molar-refractivity contribution is 0.174. The molecular weight excluding hydrogens is 553 g/mol. The molecule has 1 aliphatic rings. The Morgan fingerprint density at radius 3 is 1.59 bits per heavy atom. The zero-order chi connectivity index (χ0) is 28.3. The first kappa shape index (κ1) is 28.0. The minimum atomic E-state index is 0.168. The number of hydrogen-bond acceptors (Lipinski definition) is 8. The van der Waals surface area contributed by atoms with Crippen molar-refractivity contribution in [3.05, 3.63) is 48.5 Å². The SMILES string of the molecule is CN(C)CCCSc1ccc2nc(-c3ccc(-c4nc5ccc(SCCCN(C)C)cc5[nH]4)c4c3OCO4)[nH]c2c1. The van der Waals surface area contributed by atoms with Crippen LogP contribution in [0.4, 0.5) is 0 Å². The number of thioether (sulfide) groups is 2. The lowest BCUT2D eigenvalue weighted by Crippen LogP contribution is -2.13. The fourth-order valence-corrected chi connectivity index (χ4v) is 6.67. The van der Waals surface area contributed by atoms with E-state index in [1.165, 1.54) is 9.79 Å². The third kappa shape index (κ3) is 6.35. The van der Waals surface area contributed by atoms with Crippen molar-refractivity contribution in [1.82, 2.24) is 29.7 Å². The van der Waals surface area contributed by atoms with Crippen molar-refractivity contribution >= 4 is 45.6 Å². The van der Waals surface area contributed by atoms with E-state index >= 15 is 0 Å². The second-order valence-corrected chi connectivity index (χ2v) is 13.1. The maximum Gasteiger partial charge on any atom is 0.231 e. The number of aromatic amines is 2. The van der Waals surface area contributed by atoms with Gasteiger partial charge in [-0.05, 0) is 114 Å². The molecule has 2 N–H and O–H groups in total. The van der Waals surface area contributed by atoms with Gasteiger partial charge in [-0.2, -0.15) is 0 Å². The van der Waals surface area contributed by atoms with Crippen molar-refractivity contribution < 1.29 is 9.47 Å². The molecule has 6 rings (SSSR count). The molecule has 0 spiro atoms. The van der Waals surface area contributed by atoms with Crippen LogP contribution in [0.15, 0.2) is 58.3 Å². The number of nitrogens with one attached hydrogen (secondary N) is 2. The van der Waals surface area contributed by atoms with Gasteiger partial charge in [-0.25, -0.2) is 9.97 Å². The quantitative estimate of drug-likeness (QED) is 0.125. The molecule has 0 radical (unpaired) electrons. The van der Waals surface area contributed by atoms with E-state index in [0.29, 0.717) is 11.5 Å². The zero-order valence-corrected chi connectivity index (χ0v) is 25.6. The largest absolute Gasteiger partial charge is 0.453 e. The molecule has 5 aromatic rings. The van der Waals surface area contributed by atoms with Crippen molar-refractivity contribution in [2.75, 3.05) is 59.6 Å². The van der Waals surface area contributed by atoms with Gasteiger partial charge in [-0.15, -0.1) is 23.5 Å². The second kappa shape index (κ2) is 12.4. The Labute approximate surface area is 249 Å². The van der Waals surface area contributed by atoms with Gasteiger partial charge in [0.25, 0.3) is 0 Å². The smallest absolute Gasteiger partial charge is 0.231 e. The number of rotatable bonds is 12. The Hall–Kier alpha value is -3.18. The van der Waals surface area contributed by atoms with Gasteiger partial charge in [0, 0.05) is 9.79 Å². The molecule has 0 saturated carbocycles. The fourth-order valence-electron chi connectivity index (χ4n) is 4.92. The van der Waals surface area contributed by atoms with Crippen LogP contribution in [0.1, 0.15) is 12.8 Å². The van der Waals surface area contributed by atoms with Gasteiger partial charge in [0.2, 0.25) is 6.79 Å². The lowest BCUT2D eigenvalue weighted by Gasteiger charge is -2.08. The highest BCUT2D eigenvalue weighted by atomic mass is 32.2. The van der Waals surface area contributed by atoms with E-state index in [0.717, 1.165) is 82.3 Å². The number of aromatic nitrogens is 4. The molecule has 1 aliphatic heterocycles. The summed E-state index contributed by atoms with van der Waals surface area (Å²) in [5, 5.41) is 0. The average Bonchev–Trinajstić information content (AvgIpc) is 3.70. The van der Waals surface area contributed by atoms with Crippen molar-refractivity contribution in [3.63, 3.8) is 0 Å². The monoisotopic (exact) mass is 588 g/mol. The molecule has 0 amide bonds. The topological polar surface area (TPSA) is 82.3 Å². The van der Waals surface area contributed by atoms with E-state index in [9.17, 15) is 0 Å². The third-order valence-corrected chi connectivity index (χ3v) is 9.13. The maximum atomic E-state index is 5.98. The van der Waals surface area contributed by atoms with Crippen LogP contribution < -0.4 is 9.47 Å². The minimum Gasteiger partial charge on any atom is -0.453 e. The van der Waals surface area contributed by atoms with Crippen LogP contribution in [0.25, 0.3) is 44.8 Å². The van der Waals surface area contributed by atoms with Gasteiger partial charge >= 0.3 is 0 Å². The summed E-state index contributed by atoms with van der Waals surface area (Å²) in [6, 6.07) is 16.9. The molecular formula is C31H36N6O2S2. The third-order valence-electron chi connectivity index (χ3n) is 6.97. The van der Waals surface area contributed by atoms with Crippen LogP contribution in [0.2, 0.25) is 0 Å². The van der Waals surface area contributed by atoms with Crippen molar-refractivity contribution in [3.8, 4) is 34.3 Å². The molecule has 0 saturated heterocycles. The average molecular weight is 589 g/mol. The Bertz CT molecular complexity index is 1540. The summed E-state index contributed by atoms with van der Waals surface area (Å²) in [7, 11) is 8.45. The van der Waals surface area contributed by atoms with E-state index in [4.69, 9.17) is 19.4 Å². The summed E-state index contributed by atoms with van der Waals surface area (Å²) in [6.07, 6.45) is 2.31. The van der Waals surface area contributed by atoms with Crippen LogP contribution in [0.5, 0.6) is 11.5 Å². The van der Waals surface area contributed by atoms with Crippen LogP contribution in [-0.2, 0) is 0 Å². The molecule has 0 unspecified atom stereocenters. The summed E-state index contributed by atoms with van der Waals surface area (Å²) >= 11 is 3.75. The molecule has 2 aromatic heterocycles. The number of nitrogens with zero attached hydrogens (tertiary/aromatic N) is 4. The molecule has 0 bridgehead atoms. The molecule has 0 fully saturated rings. The maximum absolute atomic E-state index is 5.98. The molecule has 3 heterocycles. The van der Waals surface area contributed by atoms with Gasteiger partial charge in [0.05, 0.1) is 33.2 Å². The Kier molecular flexibility index (Phi) is 8.43. The summed E-state index contributed by atoms with van der Waals surface area (Å²) in [5.41, 5.74) is 5.66. The van der Waals surface area contributed by atoms with Gasteiger partial charge in [-0.1, -0.05) is 0 Å². The summed E-state index contributed by atoms with van der Waals surface area (Å²) < 4.78 is 12.0. The van der Waals surface area contributed by atoms with E-state index < -0.39 is 0 Å². The highest BCUT2D eigenvalue weighted by Crippen LogP contribution is 2.47. The van der Waals surface area contributed by atoms with E-state index in [2.05, 4.69) is 84.4 Å². The lowest BCUT2D eigenvalue weighted by atomic mass is 10.1. The number of hydrogen-bond donors (Lipinski definition) is 2. The molecule has 0 aliphatic carbocycles. The molecule has 214 valence electrons. The normalized spacial score (nSPS) is 12.9. The number of fused-ring (bicyclic) bond motifs is 3. The standard InChI is InChI=1S/C31H36N6O2S2/c1-36(2)13-5-15-40-20-7-11-24-26(17-20)34-30(32-24)22-9-10-23(29-28(22)38-19-39-29)31-33-25-12-8-21(18-27(25)35-31)41-16-6-14-37(3)4/h7-12,17-18H,5-6,13-16,19H2,1-4H3,(H,32,34)(H,33,35). The second-order valence-electron chi connectivity index (χ2n) is 10.8. The molecule has 0 atom stereocenters. The van der Waals surface area contributed by atoms with Gasteiger partial charge in [0.1, 0.15) is 11.6 Å². The zero-order valence-electron chi connectivity index (χ0n) is 24.0. The predicted octanol–water partition coefficient (Wildman–Crippen LogP) is 6.59. The first-order valence-electron chi connectivity index (χ1n) is 13.9. The molecule has 10 heteroatoms. The van der Waals surface area contributed by atoms with E-state index in [-0.39, 0.29) is 6.79 Å². The summed E-state index contributed by atoms with van der Waals surface area (Å²) in [5.74, 6) is 5.09. The summed E-state index contributed by atoms with van der Waals surface area (Å²) in [4.78, 5) is 23.7.